The van der Waals surface area contributed by atoms with Crippen LogP contribution in [0, 0.1) is 5.92 Å². The molecular formula is C52H70N8O8S3. The number of nitrogens with one attached hydrogen (secondary N) is 5. The number of anilines is 1. The monoisotopic (exact) mass is 1030 g/mol. The summed E-state index contributed by atoms with van der Waals surface area (Å²) in [7, 11) is 0. The molecule has 2 aromatic carbocycles. The van der Waals surface area contributed by atoms with E-state index in [2.05, 4.69) is 31.7 Å². The van der Waals surface area contributed by atoms with Gasteiger partial charge in [-0.1, -0.05) is 51.3 Å². The van der Waals surface area contributed by atoms with Crippen molar-refractivity contribution in [1.29, 1.82) is 0 Å². The summed E-state index contributed by atoms with van der Waals surface area (Å²) in [5, 5.41) is 13.4. The number of rotatable bonds is 21. The Balaban J connectivity index is 0.875. The summed E-state index contributed by atoms with van der Waals surface area (Å²) >= 11 is 5.50. The van der Waals surface area contributed by atoms with Gasteiger partial charge in [-0.3, -0.25) is 24.0 Å². The zero-order valence-electron chi connectivity index (χ0n) is 42.0. The first-order valence-electron chi connectivity index (χ1n) is 24.5. The van der Waals surface area contributed by atoms with Crippen LogP contribution in [0.1, 0.15) is 143 Å². The maximum atomic E-state index is 13.6. The average Bonchev–Trinajstić information content (AvgIpc) is 3.79. The normalized spacial score (nSPS) is 16.9. The first-order valence-corrected chi connectivity index (χ1v) is 27.4. The Labute approximate surface area is 430 Å². The molecule has 5 amide bonds. The molecule has 2 aromatic heterocycles. The zero-order chi connectivity index (χ0) is 51.0. The highest BCUT2D eigenvalue weighted by Crippen LogP contribution is 2.38. The second-order valence-corrected chi connectivity index (χ2v) is 23.4. The number of allylic oxidation sites excluding steroid dienone is 1. The number of ether oxygens (including phenoxy) is 2. The number of amides is 5. The van der Waals surface area contributed by atoms with Crippen LogP contribution in [0.4, 0.5) is 10.5 Å². The van der Waals surface area contributed by atoms with Crippen molar-refractivity contribution in [2.45, 2.75) is 159 Å². The van der Waals surface area contributed by atoms with Crippen molar-refractivity contribution in [2.75, 3.05) is 18.5 Å². The molecule has 1 aliphatic carbocycles. The topological polar surface area (TPSA) is 212 Å². The summed E-state index contributed by atoms with van der Waals surface area (Å²) < 4.78 is 11.4. The van der Waals surface area contributed by atoms with E-state index in [0.717, 1.165) is 38.8 Å². The van der Waals surface area contributed by atoms with Crippen molar-refractivity contribution < 1.29 is 38.3 Å². The van der Waals surface area contributed by atoms with Crippen LogP contribution < -0.4 is 26.7 Å². The molecule has 2 bridgehead atoms. The van der Waals surface area contributed by atoms with Crippen molar-refractivity contribution >= 4 is 87.4 Å². The first-order chi connectivity index (χ1) is 33.9. The van der Waals surface area contributed by atoms with Crippen LogP contribution in [-0.2, 0) is 53.4 Å². The van der Waals surface area contributed by atoms with Gasteiger partial charge in [0.25, 0.3) is 5.91 Å². The fourth-order valence-corrected chi connectivity index (χ4v) is 11.7. The Bertz CT molecular complexity index is 2480. The van der Waals surface area contributed by atoms with E-state index in [0.29, 0.717) is 51.8 Å². The Morgan fingerprint density at radius 2 is 1.56 bits per heavy atom. The van der Waals surface area contributed by atoms with Gasteiger partial charge in [0.15, 0.2) is 0 Å². The lowest BCUT2D eigenvalue weighted by Gasteiger charge is -2.30. The lowest BCUT2D eigenvalue weighted by Crippen LogP contribution is -2.51. The number of aromatic nitrogens is 3. The van der Waals surface area contributed by atoms with Gasteiger partial charge in [-0.05, 0) is 115 Å². The van der Waals surface area contributed by atoms with Crippen molar-refractivity contribution in [1.82, 2.24) is 36.4 Å². The van der Waals surface area contributed by atoms with E-state index in [1.165, 1.54) is 49.9 Å². The Morgan fingerprint density at radius 3 is 2.25 bits per heavy atom. The summed E-state index contributed by atoms with van der Waals surface area (Å²) in [5.74, 6) is 0.0131. The van der Waals surface area contributed by atoms with Gasteiger partial charge in [-0.25, -0.2) is 19.7 Å². The molecule has 2 aliphatic rings. The third-order valence-electron chi connectivity index (χ3n) is 12.2. The minimum Gasteiger partial charge on any atom is -0.443 e. The smallest absolute Gasteiger partial charge is 0.431 e. The highest BCUT2D eigenvalue weighted by molar-refractivity contribution is 8.00. The first kappa shape index (κ1) is 55.2. The molecule has 3 unspecified atom stereocenters. The number of carbonyl (C=O) groups excluding carboxylic acids is 5. The summed E-state index contributed by atoms with van der Waals surface area (Å²) in [6.45, 7) is 13.4. The number of carbonyl (C=O) groups is 5. The van der Waals surface area contributed by atoms with Crippen molar-refractivity contribution in [3.63, 3.8) is 0 Å². The van der Waals surface area contributed by atoms with E-state index < -0.39 is 35.1 Å². The van der Waals surface area contributed by atoms with Gasteiger partial charge < -0.3 is 30.7 Å². The molecule has 0 radical (unpaired) electrons. The van der Waals surface area contributed by atoms with Gasteiger partial charge in [-0.15, -0.1) is 11.3 Å². The molecule has 0 saturated heterocycles. The standard InChI is InChI=1S/C52H70N8O8S3/c1-8-12-39-27-53-46(71-39)30-68-60-50(65)66-29-34-15-18-36(19-16-34)55-45(62)28-54-49(64)47(33(2)3)58-44(61)21-22-52(6,7)67-24-23-51(4,5)59-48(63)35-17-20-40-41(25-35)57-43-32-70-38-14-11-9-10-13-37(26-38)69-31-42(43)56-40/h8,12,15-20,25,27,33,37-38,47H,9-11,13-14,21-24,26,28-32H2,1-7H3,(H,54,64)(H,55,62)(H,58,61)(H,59,63)(H,60,65)/b12-8-. The average molecular weight is 1030 g/mol. The van der Waals surface area contributed by atoms with Crippen LogP contribution in [0.3, 0.4) is 0 Å². The number of hydroxylamine groups is 1. The predicted octanol–water partition coefficient (Wildman–Crippen LogP) is 9.42. The fraction of sp³-hybridized carbons (Fsp3) is 0.538. The molecule has 0 spiro atoms. The minimum atomic E-state index is -0.861. The molecule has 1 saturated carbocycles. The molecule has 16 nitrogen and oxygen atoms in total. The number of fused-ring (bicyclic) bond motifs is 4. The van der Waals surface area contributed by atoms with E-state index >= 15 is 0 Å². The predicted molar refractivity (Wildman–Crippen MR) is 283 cm³/mol. The van der Waals surface area contributed by atoms with E-state index in [1.807, 2.05) is 102 Å². The molecule has 3 heterocycles. The maximum absolute atomic E-state index is 13.6. The SMILES string of the molecule is C/C=C\c1cnc(CONC(=O)OCc2ccc(NC(=O)CNC(=O)C(NC(=O)CCC(C)(C)OCCC(C)(C)NC(=O)c3ccc4nc5c(nc4c3)CSC3CCCCCC(C3)SC5)C(C)C)cc2)s1. The molecule has 6 rings (SSSR count). The van der Waals surface area contributed by atoms with Crippen LogP contribution >= 0.6 is 34.9 Å². The summed E-state index contributed by atoms with van der Waals surface area (Å²) in [6, 6.07) is 11.4. The second-order valence-electron chi connectivity index (χ2n) is 19.6. The number of benzene rings is 2. The van der Waals surface area contributed by atoms with Crippen LogP contribution in [0.25, 0.3) is 17.1 Å². The van der Waals surface area contributed by atoms with Gasteiger partial charge in [0.2, 0.25) is 17.7 Å². The number of thioether (sulfide) groups is 2. The van der Waals surface area contributed by atoms with Crippen molar-refractivity contribution in [3.05, 3.63) is 87.1 Å². The molecule has 1 fully saturated rings. The molecule has 71 heavy (non-hydrogen) atoms. The number of nitrogens with zero attached hydrogens (tertiary/aromatic N) is 3. The van der Waals surface area contributed by atoms with Gasteiger partial charge in [0.05, 0.1) is 34.6 Å². The van der Waals surface area contributed by atoms with Crippen LogP contribution in [-0.4, -0.2) is 85.5 Å². The second kappa shape index (κ2) is 26.6. The van der Waals surface area contributed by atoms with Gasteiger partial charge in [0, 0.05) is 62.9 Å². The lowest BCUT2D eigenvalue weighted by molar-refractivity contribution is -0.131. The highest BCUT2D eigenvalue weighted by atomic mass is 32.2. The van der Waals surface area contributed by atoms with Gasteiger partial charge >= 0.3 is 6.09 Å². The number of hydrogen-bond acceptors (Lipinski definition) is 14. The van der Waals surface area contributed by atoms with E-state index in [1.54, 1.807) is 30.5 Å². The molecule has 384 valence electrons. The lowest BCUT2D eigenvalue weighted by atomic mass is 9.98. The Hall–Kier alpha value is -5.08. The Kier molecular flexibility index (Phi) is 20.7. The van der Waals surface area contributed by atoms with E-state index in [4.69, 9.17) is 24.3 Å². The fourth-order valence-electron chi connectivity index (χ4n) is 8.07. The van der Waals surface area contributed by atoms with Crippen LogP contribution in [0.15, 0.2) is 54.7 Å². The maximum Gasteiger partial charge on any atom is 0.431 e. The molecule has 1 aliphatic heterocycles. The molecule has 4 aromatic rings. The summed E-state index contributed by atoms with van der Waals surface area (Å²) in [6.07, 6.45) is 13.6. The third-order valence-corrected chi connectivity index (χ3v) is 15.9. The Morgan fingerprint density at radius 1 is 0.859 bits per heavy atom. The van der Waals surface area contributed by atoms with Gasteiger partial charge in [-0.2, -0.15) is 29.0 Å². The van der Waals surface area contributed by atoms with Gasteiger partial charge in [0.1, 0.15) is 24.3 Å². The molecular weight excluding hydrogens is 961 g/mol. The molecule has 3 atom stereocenters. The van der Waals surface area contributed by atoms with Crippen LogP contribution in [0.5, 0.6) is 0 Å². The highest BCUT2D eigenvalue weighted by Gasteiger charge is 2.29. The summed E-state index contributed by atoms with van der Waals surface area (Å²) in [4.78, 5) is 85.2. The van der Waals surface area contributed by atoms with Crippen molar-refractivity contribution in [2.24, 2.45) is 5.92 Å². The van der Waals surface area contributed by atoms with Crippen LogP contribution in [0.2, 0.25) is 0 Å². The zero-order valence-corrected chi connectivity index (χ0v) is 44.5. The molecule has 19 heteroatoms. The van der Waals surface area contributed by atoms with Crippen molar-refractivity contribution in [3.8, 4) is 0 Å². The third kappa shape index (κ3) is 18.2. The number of thiazole rings is 1. The van der Waals surface area contributed by atoms with E-state index in [-0.39, 0.29) is 43.9 Å². The largest absolute Gasteiger partial charge is 0.443 e. The molecule has 5 N–H and O–H groups in total. The number of hydrogen-bond donors (Lipinski definition) is 5. The summed E-state index contributed by atoms with van der Waals surface area (Å²) in [5.41, 5.74) is 6.29. The van der Waals surface area contributed by atoms with E-state index in [9.17, 15) is 24.0 Å². The quantitative estimate of drug-likeness (QED) is 0.0493. The minimum absolute atomic E-state index is 0.0281.